The van der Waals surface area contributed by atoms with Gasteiger partial charge in [0.25, 0.3) is 0 Å². The maximum Gasteiger partial charge on any atom is 0.330 e. The molecule has 1 aromatic heterocycles. The van der Waals surface area contributed by atoms with Crippen LogP contribution >= 0.6 is 0 Å². The van der Waals surface area contributed by atoms with Gasteiger partial charge in [-0.1, -0.05) is 18.2 Å². The minimum absolute atomic E-state index is 0.335. The van der Waals surface area contributed by atoms with E-state index in [0.29, 0.717) is 25.6 Å². The number of carbonyl (C=O) groups is 1. The average Bonchev–Trinajstić information content (AvgIpc) is 3.17. The van der Waals surface area contributed by atoms with Gasteiger partial charge in [-0.15, -0.1) is 0 Å². The predicted octanol–water partition coefficient (Wildman–Crippen LogP) is 3.89. The van der Waals surface area contributed by atoms with Crippen molar-refractivity contribution in [3.63, 3.8) is 0 Å². The number of hydrogen-bond donors (Lipinski definition) is 0. The second-order valence-electron chi connectivity index (χ2n) is 6.16. The molecule has 0 N–H and O–H groups in total. The monoisotopic (exact) mass is 376 g/mol. The predicted molar refractivity (Wildman–Crippen MR) is 106 cm³/mol. The van der Waals surface area contributed by atoms with Crippen LogP contribution in [0.15, 0.2) is 60.8 Å². The number of benzene rings is 2. The Morgan fingerprint density at radius 1 is 1.14 bits per heavy atom. The topological polar surface area (TPSA) is 62.6 Å². The molecule has 3 aromatic rings. The summed E-state index contributed by atoms with van der Waals surface area (Å²) in [5.74, 6) is 1.03. The van der Waals surface area contributed by atoms with Crippen LogP contribution in [0.1, 0.15) is 12.5 Å². The fourth-order valence-electron chi connectivity index (χ4n) is 2.99. The Kier molecular flexibility index (Phi) is 5.10. The van der Waals surface area contributed by atoms with Crippen molar-refractivity contribution in [2.75, 3.05) is 19.8 Å². The molecular weight excluding hydrogens is 356 g/mol. The number of para-hydroxylation sites is 1. The van der Waals surface area contributed by atoms with Crippen LogP contribution < -0.4 is 9.47 Å². The van der Waals surface area contributed by atoms with Gasteiger partial charge in [-0.3, -0.25) is 0 Å². The number of esters is 1. The van der Waals surface area contributed by atoms with Crippen molar-refractivity contribution in [3.8, 4) is 28.4 Å². The lowest BCUT2D eigenvalue weighted by atomic mass is 10.1. The van der Waals surface area contributed by atoms with Crippen molar-refractivity contribution in [3.05, 3.63) is 66.4 Å². The number of fused-ring (bicyclic) bond motifs is 1. The summed E-state index contributed by atoms with van der Waals surface area (Å²) < 4.78 is 18.1. The number of hydrogen-bond acceptors (Lipinski definition) is 5. The first-order chi connectivity index (χ1) is 13.7. The quantitative estimate of drug-likeness (QED) is 0.499. The maximum absolute atomic E-state index is 11.8. The third kappa shape index (κ3) is 3.76. The van der Waals surface area contributed by atoms with Crippen LogP contribution in [0.25, 0.3) is 23.0 Å². The molecule has 142 valence electrons. The molecule has 1 aliphatic rings. The van der Waals surface area contributed by atoms with Crippen molar-refractivity contribution in [1.82, 2.24) is 9.78 Å². The normalized spacial score (nSPS) is 12.9. The van der Waals surface area contributed by atoms with Crippen LogP contribution in [-0.2, 0) is 9.53 Å². The first kappa shape index (κ1) is 17.9. The number of aromatic nitrogens is 2. The molecule has 0 amide bonds. The smallest absolute Gasteiger partial charge is 0.330 e. The zero-order chi connectivity index (χ0) is 19.3. The maximum atomic E-state index is 11.8. The van der Waals surface area contributed by atoms with Gasteiger partial charge in [0.1, 0.15) is 18.9 Å². The number of rotatable bonds is 5. The lowest BCUT2D eigenvalue weighted by molar-refractivity contribution is -0.137. The van der Waals surface area contributed by atoms with Gasteiger partial charge in [0.2, 0.25) is 0 Å². The van der Waals surface area contributed by atoms with E-state index in [-0.39, 0.29) is 5.97 Å². The molecule has 0 aliphatic carbocycles. The Morgan fingerprint density at radius 3 is 2.71 bits per heavy atom. The molecule has 6 heteroatoms. The van der Waals surface area contributed by atoms with E-state index >= 15 is 0 Å². The zero-order valence-corrected chi connectivity index (χ0v) is 15.5. The Labute approximate surface area is 163 Å². The van der Waals surface area contributed by atoms with Crippen molar-refractivity contribution in [1.29, 1.82) is 0 Å². The van der Waals surface area contributed by atoms with E-state index in [9.17, 15) is 4.79 Å². The van der Waals surface area contributed by atoms with E-state index < -0.39 is 0 Å². The molecule has 2 aromatic carbocycles. The van der Waals surface area contributed by atoms with Crippen LogP contribution in [-0.4, -0.2) is 35.6 Å². The molecule has 1 aliphatic heterocycles. The molecule has 4 rings (SSSR count). The first-order valence-electron chi connectivity index (χ1n) is 9.14. The van der Waals surface area contributed by atoms with Gasteiger partial charge < -0.3 is 14.2 Å². The molecule has 2 heterocycles. The van der Waals surface area contributed by atoms with Crippen LogP contribution in [0.2, 0.25) is 0 Å². The zero-order valence-electron chi connectivity index (χ0n) is 15.5. The first-order valence-corrected chi connectivity index (χ1v) is 9.14. The molecule has 0 radical (unpaired) electrons. The van der Waals surface area contributed by atoms with E-state index in [2.05, 4.69) is 0 Å². The molecular formula is C22H20N2O4. The summed E-state index contributed by atoms with van der Waals surface area (Å²) in [7, 11) is 0. The summed E-state index contributed by atoms with van der Waals surface area (Å²) >= 11 is 0. The summed E-state index contributed by atoms with van der Waals surface area (Å²) in [5.41, 5.74) is 3.34. The lowest BCUT2D eigenvalue weighted by Crippen LogP contribution is -2.15. The molecule has 6 nitrogen and oxygen atoms in total. The van der Waals surface area contributed by atoms with Crippen molar-refractivity contribution < 1.29 is 19.0 Å². The van der Waals surface area contributed by atoms with Crippen LogP contribution in [0.3, 0.4) is 0 Å². The molecule has 0 atom stereocenters. The molecule has 0 saturated heterocycles. The summed E-state index contributed by atoms with van der Waals surface area (Å²) in [6.07, 6.45) is 5.02. The van der Waals surface area contributed by atoms with Gasteiger partial charge in [-0.25, -0.2) is 9.48 Å². The van der Waals surface area contributed by atoms with Crippen LogP contribution in [0.5, 0.6) is 11.5 Å². The number of carbonyl (C=O) groups excluding carboxylic acids is 1. The van der Waals surface area contributed by atoms with Crippen molar-refractivity contribution in [2.45, 2.75) is 6.92 Å². The highest BCUT2D eigenvalue weighted by Gasteiger charge is 2.16. The minimum Gasteiger partial charge on any atom is -0.486 e. The summed E-state index contributed by atoms with van der Waals surface area (Å²) in [4.78, 5) is 11.8. The second kappa shape index (κ2) is 8.00. The molecule has 0 fully saturated rings. The molecule has 0 spiro atoms. The Morgan fingerprint density at radius 2 is 1.93 bits per heavy atom. The van der Waals surface area contributed by atoms with E-state index in [1.54, 1.807) is 17.7 Å². The third-order valence-corrected chi connectivity index (χ3v) is 4.26. The van der Waals surface area contributed by atoms with Gasteiger partial charge in [-0.05, 0) is 43.3 Å². The van der Waals surface area contributed by atoms with Crippen molar-refractivity contribution >= 4 is 12.0 Å². The third-order valence-electron chi connectivity index (χ3n) is 4.26. The summed E-state index contributed by atoms with van der Waals surface area (Å²) in [6, 6.07) is 15.5. The summed E-state index contributed by atoms with van der Waals surface area (Å²) in [6.45, 7) is 3.17. The van der Waals surface area contributed by atoms with Gasteiger partial charge >= 0.3 is 5.97 Å². The lowest BCUT2D eigenvalue weighted by Gasteiger charge is -2.18. The Hall–Kier alpha value is -3.54. The van der Waals surface area contributed by atoms with Gasteiger partial charge in [0.05, 0.1) is 12.3 Å². The van der Waals surface area contributed by atoms with E-state index in [0.717, 1.165) is 28.3 Å². The van der Waals surface area contributed by atoms with E-state index in [1.165, 1.54) is 6.08 Å². The number of ether oxygens (including phenoxy) is 3. The van der Waals surface area contributed by atoms with Gasteiger partial charge in [0.15, 0.2) is 11.5 Å². The standard InChI is InChI=1S/C22H20N2O4/c1-2-26-21(25)11-9-17-15-24(18-6-4-3-5-7-18)23-22(17)16-8-10-19-20(14-16)28-13-12-27-19/h3-11,14-15H,2,12-13H2,1H3. The molecule has 0 bridgehead atoms. The summed E-state index contributed by atoms with van der Waals surface area (Å²) in [5, 5.41) is 4.74. The number of nitrogens with zero attached hydrogens (tertiary/aromatic N) is 2. The average molecular weight is 376 g/mol. The fraction of sp³-hybridized carbons (Fsp3) is 0.182. The van der Waals surface area contributed by atoms with Crippen LogP contribution in [0.4, 0.5) is 0 Å². The van der Waals surface area contributed by atoms with E-state index in [1.807, 2.05) is 54.7 Å². The highest BCUT2D eigenvalue weighted by molar-refractivity contribution is 5.88. The van der Waals surface area contributed by atoms with Gasteiger partial charge in [-0.2, -0.15) is 5.10 Å². The Bertz CT molecular complexity index is 1010. The Balaban J connectivity index is 1.76. The van der Waals surface area contributed by atoms with Gasteiger partial charge in [0, 0.05) is 23.4 Å². The molecule has 0 saturated carbocycles. The van der Waals surface area contributed by atoms with Crippen molar-refractivity contribution in [2.24, 2.45) is 0 Å². The highest BCUT2D eigenvalue weighted by Crippen LogP contribution is 2.35. The van der Waals surface area contributed by atoms with E-state index in [4.69, 9.17) is 19.3 Å². The largest absolute Gasteiger partial charge is 0.486 e. The van der Waals surface area contributed by atoms with Crippen LogP contribution in [0, 0.1) is 0 Å². The highest BCUT2D eigenvalue weighted by atomic mass is 16.6. The SMILES string of the molecule is CCOC(=O)C=Cc1cn(-c2ccccc2)nc1-c1ccc2c(c1)OCCO2. The second-order valence-corrected chi connectivity index (χ2v) is 6.16. The fourth-order valence-corrected chi connectivity index (χ4v) is 2.99. The molecule has 28 heavy (non-hydrogen) atoms. The minimum atomic E-state index is -0.386. The molecule has 0 unspecified atom stereocenters.